The van der Waals surface area contributed by atoms with Crippen LogP contribution in [0, 0.1) is 5.92 Å². The normalized spacial score (nSPS) is 23.9. The van der Waals surface area contributed by atoms with Gasteiger partial charge in [0.1, 0.15) is 17.1 Å². The largest absolute Gasteiger partial charge is 1.00 e. The van der Waals surface area contributed by atoms with Gasteiger partial charge in [-0.15, -0.1) is 23.5 Å². The molecule has 0 bridgehead atoms. The second kappa shape index (κ2) is 11.2. The Morgan fingerprint density at radius 2 is 1.84 bits per heavy atom. The molecule has 2 saturated heterocycles. The second-order valence-electron chi connectivity index (χ2n) is 8.88. The van der Waals surface area contributed by atoms with E-state index in [1.807, 2.05) is 0 Å². The minimum atomic E-state index is -1.22. The van der Waals surface area contributed by atoms with Gasteiger partial charge in [0.15, 0.2) is 0 Å². The van der Waals surface area contributed by atoms with Crippen molar-refractivity contribution in [1.29, 1.82) is 0 Å². The van der Waals surface area contributed by atoms with Gasteiger partial charge in [-0.2, -0.15) is 0 Å². The SMILES string of the molecule is O=C(CSc1ccc(C(=O)O)cc1)N[C@@H]1C(=O)N2C(C(=O)O)=C(C(=C3CCNC3=O)C3CC3)CS[C@H]12.[H-].[Na+]. The van der Waals surface area contributed by atoms with Crippen molar-refractivity contribution in [3.8, 4) is 0 Å². The van der Waals surface area contributed by atoms with E-state index in [9.17, 15) is 29.1 Å². The molecule has 10 nitrogen and oxygen atoms in total. The van der Waals surface area contributed by atoms with Crippen LogP contribution in [0.25, 0.3) is 0 Å². The Morgan fingerprint density at radius 1 is 1.14 bits per heavy atom. The van der Waals surface area contributed by atoms with E-state index in [0.717, 1.165) is 18.4 Å². The first-order valence-corrected chi connectivity index (χ1v) is 13.5. The third-order valence-electron chi connectivity index (χ3n) is 6.53. The molecule has 3 fully saturated rings. The standard InChI is InChI=1S/C24H23N3O7S2.Na.H/c28-16(10-35-13-5-3-12(4-6-13)23(31)32)26-18-21(30)27-19(24(33)34)15(9-36-22(18)27)17(11-1-2-11)14-7-8-25-20(14)29;;/h3-6,11,18,22H,1-2,7-10H2,(H,25,29)(H,26,28)(H,31,32)(H,33,34);;/q;+1;-1/t18-,22-;;/m1../s1. The number of allylic oxidation sites excluding steroid dienone is 1. The molecule has 1 saturated carbocycles. The van der Waals surface area contributed by atoms with Gasteiger partial charge in [-0.1, -0.05) is 0 Å². The fraction of sp³-hybridized carbons (Fsp3) is 0.375. The van der Waals surface area contributed by atoms with Crippen LogP contribution in [0.3, 0.4) is 0 Å². The van der Waals surface area contributed by atoms with Crippen molar-refractivity contribution in [3.05, 3.63) is 52.2 Å². The molecule has 0 radical (unpaired) electrons. The minimum absolute atomic E-state index is 0. The number of benzene rings is 1. The van der Waals surface area contributed by atoms with Gasteiger partial charge in [0.05, 0.1) is 11.3 Å². The molecule has 4 N–H and O–H groups in total. The van der Waals surface area contributed by atoms with Crippen LogP contribution in [-0.4, -0.2) is 74.2 Å². The number of aliphatic carboxylic acids is 1. The third kappa shape index (κ3) is 5.49. The van der Waals surface area contributed by atoms with Crippen LogP contribution in [0.4, 0.5) is 0 Å². The van der Waals surface area contributed by atoms with Gasteiger partial charge in [0.25, 0.3) is 5.91 Å². The first-order valence-electron chi connectivity index (χ1n) is 11.4. The summed E-state index contributed by atoms with van der Waals surface area (Å²) < 4.78 is 0. The molecular formula is C24H24N3NaO7S2. The Bertz CT molecular complexity index is 1250. The average molecular weight is 554 g/mol. The summed E-state index contributed by atoms with van der Waals surface area (Å²) in [6.07, 6.45) is 2.32. The van der Waals surface area contributed by atoms with Crippen LogP contribution in [0.1, 0.15) is 31.0 Å². The van der Waals surface area contributed by atoms with E-state index in [0.29, 0.717) is 34.8 Å². The number of nitrogens with one attached hydrogen (secondary N) is 2. The van der Waals surface area contributed by atoms with Gasteiger partial charge in [-0.3, -0.25) is 19.3 Å². The molecule has 2 atom stereocenters. The van der Waals surface area contributed by atoms with Crippen molar-refractivity contribution in [3.63, 3.8) is 0 Å². The van der Waals surface area contributed by atoms with E-state index >= 15 is 0 Å². The molecule has 5 rings (SSSR count). The summed E-state index contributed by atoms with van der Waals surface area (Å²) in [6, 6.07) is 5.28. The molecule has 0 aromatic heterocycles. The molecule has 1 aromatic carbocycles. The Labute approximate surface area is 244 Å². The van der Waals surface area contributed by atoms with E-state index in [4.69, 9.17) is 5.11 Å². The third-order valence-corrected chi connectivity index (χ3v) is 8.82. The van der Waals surface area contributed by atoms with Crippen molar-refractivity contribution >= 4 is 53.2 Å². The van der Waals surface area contributed by atoms with Crippen molar-refractivity contribution in [2.75, 3.05) is 18.1 Å². The molecule has 3 heterocycles. The number of hydrogen-bond acceptors (Lipinski definition) is 7. The van der Waals surface area contributed by atoms with E-state index in [1.54, 1.807) is 12.1 Å². The molecule has 1 aromatic rings. The maximum atomic E-state index is 13.0. The van der Waals surface area contributed by atoms with Crippen LogP contribution < -0.4 is 40.2 Å². The summed E-state index contributed by atoms with van der Waals surface area (Å²) >= 11 is 2.60. The summed E-state index contributed by atoms with van der Waals surface area (Å²) in [6.45, 7) is 0.522. The number of aromatic carboxylic acids is 1. The monoisotopic (exact) mass is 553 g/mol. The van der Waals surface area contributed by atoms with Crippen molar-refractivity contribution in [1.82, 2.24) is 15.5 Å². The zero-order valence-corrected chi connectivity index (χ0v) is 23.6. The van der Waals surface area contributed by atoms with Crippen LogP contribution in [0.2, 0.25) is 0 Å². The number of thioether (sulfide) groups is 2. The number of hydrogen-bond donors (Lipinski definition) is 4. The topological polar surface area (TPSA) is 153 Å². The van der Waals surface area contributed by atoms with Crippen molar-refractivity contribution < 1.29 is 65.2 Å². The van der Waals surface area contributed by atoms with E-state index in [-0.39, 0.29) is 65.7 Å². The number of β-lactam (4-membered cyclic amide) rings is 1. The zero-order valence-electron chi connectivity index (χ0n) is 21.0. The van der Waals surface area contributed by atoms with Crippen LogP contribution in [-0.2, 0) is 19.2 Å². The number of fused-ring (bicyclic) bond motifs is 1. The molecule has 0 unspecified atom stereocenters. The Kier molecular flexibility index (Phi) is 8.44. The average Bonchev–Trinajstić information content (AvgIpc) is 3.61. The molecule has 4 aliphatic rings. The van der Waals surface area contributed by atoms with Gasteiger partial charge < -0.3 is 22.3 Å². The van der Waals surface area contributed by atoms with Crippen molar-refractivity contribution in [2.45, 2.75) is 35.6 Å². The number of carboxylic acid groups (broad SMARTS) is 2. The first kappa shape index (κ1) is 27.8. The predicted octanol–water partition coefficient (Wildman–Crippen LogP) is -1.44. The molecule has 190 valence electrons. The summed E-state index contributed by atoms with van der Waals surface area (Å²) in [5.74, 6) is -2.78. The fourth-order valence-electron chi connectivity index (χ4n) is 4.71. The van der Waals surface area contributed by atoms with Crippen LogP contribution in [0.15, 0.2) is 51.6 Å². The predicted molar refractivity (Wildman–Crippen MR) is 132 cm³/mol. The number of carbonyl (C=O) groups is 5. The quantitative estimate of drug-likeness (QED) is 0.131. The maximum absolute atomic E-state index is 13.0. The molecule has 3 aliphatic heterocycles. The van der Waals surface area contributed by atoms with Gasteiger partial charge in [0.2, 0.25) is 11.8 Å². The first-order chi connectivity index (χ1) is 17.3. The van der Waals surface area contributed by atoms with Gasteiger partial charge >= 0.3 is 41.5 Å². The van der Waals surface area contributed by atoms with Gasteiger partial charge in [-0.25, -0.2) is 9.59 Å². The molecule has 0 spiro atoms. The van der Waals surface area contributed by atoms with E-state index in [1.165, 1.54) is 40.6 Å². The molecule has 3 amide bonds. The molecule has 1 aliphatic carbocycles. The smallest absolute Gasteiger partial charge is 1.00 e. The second-order valence-corrected chi connectivity index (χ2v) is 11.0. The minimum Gasteiger partial charge on any atom is -1.00 e. The Hall–Kier alpha value is -2.25. The molecule has 37 heavy (non-hydrogen) atoms. The van der Waals surface area contributed by atoms with E-state index < -0.39 is 29.3 Å². The van der Waals surface area contributed by atoms with Crippen LogP contribution in [0.5, 0.6) is 0 Å². The van der Waals surface area contributed by atoms with E-state index in [2.05, 4.69) is 10.6 Å². The number of amides is 3. The summed E-state index contributed by atoms with van der Waals surface area (Å²) in [5.41, 5.74) is 2.00. The summed E-state index contributed by atoms with van der Waals surface area (Å²) in [5, 5.41) is 24.0. The summed E-state index contributed by atoms with van der Waals surface area (Å²) in [4.78, 5) is 63.1. The number of rotatable bonds is 8. The zero-order chi connectivity index (χ0) is 25.6. The van der Waals surface area contributed by atoms with Crippen LogP contribution >= 0.6 is 23.5 Å². The number of carbonyl (C=O) groups excluding carboxylic acids is 3. The molecular weight excluding hydrogens is 529 g/mol. The number of nitrogens with zero attached hydrogens (tertiary/aromatic N) is 1. The summed E-state index contributed by atoms with van der Waals surface area (Å²) in [7, 11) is 0. The Balaban J connectivity index is 0.00000200. The number of carboxylic acids is 2. The van der Waals surface area contributed by atoms with Gasteiger partial charge in [0, 0.05) is 22.8 Å². The Morgan fingerprint density at radius 3 is 2.41 bits per heavy atom. The van der Waals surface area contributed by atoms with Gasteiger partial charge in [-0.05, 0) is 60.6 Å². The maximum Gasteiger partial charge on any atom is 1.00 e. The fourth-order valence-corrected chi connectivity index (χ4v) is 6.78. The van der Waals surface area contributed by atoms with Crippen molar-refractivity contribution in [2.24, 2.45) is 5.92 Å². The molecule has 13 heteroatoms.